The highest BCUT2D eigenvalue weighted by atomic mass is 35.5. The van der Waals surface area contributed by atoms with Gasteiger partial charge in [0.1, 0.15) is 0 Å². The van der Waals surface area contributed by atoms with Crippen LogP contribution < -0.4 is 5.73 Å². The Kier molecular flexibility index (Phi) is 5.25. The highest BCUT2D eigenvalue weighted by molar-refractivity contribution is 5.85. The first-order valence-corrected chi connectivity index (χ1v) is 4.43. The average molecular weight is 256 g/mol. The van der Waals surface area contributed by atoms with Crippen molar-refractivity contribution in [3.8, 4) is 0 Å². The summed E-state index contributed by atoms with van der Waals surface area (Å²) in [5.74, 6) is 0. The maximum atomic E-state index is 12.3. The molecule has 0 unspecified atom stereocenters. The summed E-state index contributed by atoms with van der Waals surface area (Å²) in [6.07, 6.45) is -5.26. The van der Waals surface area contributed by atoms with Crippen LogP contribution in [0.15, 0.2) is 24.3 Å². The summed E-state index contributed by atoms with van der Waals surface area (Å²) in [5, 5.41) is 9.16. The Balaban J connectivity index is 0.00000225. The summed E-state index contributed by atoms with van der Waals surface area (Å²) < 4.78 is 37.0. The van der Waals surface area contributed by atoms with E-state index in [2.05, 4.69) is 0 Å². The third kappa shape index (κ3) is 3.66. The molecular weight excluding hydrogens is 243 g/mol. The molecule has 0 saturated heterocycles. The van der Waals surface area contributed by atoms with Gasteiger partial charge in [-0.25, -0.2) is 0 Å². The lowest BCUT2D eigenvalue weighted by atomic mass is 10.0. The molecule has 16 heavy (non-hydrogen) atoms. The van der Waals surface area contributed by atoms with Gasteiger partial charge in [0.25, 0.3) is 0 Å². The monoisotopic (exact) mass is 255 g/mol. The van der Waals surface area contributed by atoms with Crippen LogP contribution in [-0.2, 0) is 6.18 Å². The first-order valence-electron chi connectivity index (χ1n) is 4.43. The Hall–Kier alpha value is -0.780. The van der Waals surface area contributed by atoms with Crippen LogP contribution >= 0.6 is 12.4 Å². The summed E-state index contributed by atoms with van der Waals surface area (Å²) in [4.78, 5) is 0. The van der Waals surface area contributed by atoms with Crippen molar-refractivity contribution in [1.82, 2.24) is 0 Å². The minimum Gasteiger partial charge on any atom is -0.391 e. The van der Waals surface area contributed by atoms with Gasteiger partial charge in [-0.15, -0.1) is 12.4 Å². The fourth-order valence-electron chi connectivity index (χ4n) is 1.20. The standard InChI is InChI=1S/C10H12F3NO.ClH/c1-6(15)9(14)7-3-2-4-8(5-7)10(11,12)13;/h2-6,9,15H,14H2,1H3;1H/t6-,9-;/m0./s1. The van der Waals surface area contributed by atoms with Crippen molar-refractivity contribution in [2.75, 3.05) is 0 Å². The molecule has 6 heteroatoms. The van der Waals surface area contributed by atoms with Crippen LogP contribution in [0.2, 0.25) is 0 Å². The number of aliphatic hydroxyl groups is 1. The smallest absolute Gasteiger partial charge is 0.391 e. The van der Waals surface area contributed by atoms with Gasteiger partial charge < -0.3 is 10.8 Å². The molecule has 0 bridgehead atoms. The summed E-state index contributed by atoms with van der Waals surface area (Å²) in [6.45, 7) is 1.44. The number of hydrogen-bond donors (Lipinski definition) is 2. The predicted molar refractivity (Wildman–Crippen MR) is 57.3 cm³/mol. The Labute approximate surface area is 97.7 Å². The Morgan fingerprint density at radius 1 is 1.31 bits per heavy atom. The van der Waals surface area contributed by atoms with Gasteiger partial charge in [-0.2, -0.15) is 13.2 Å². The van der Waals surface area contributed by atoms with Gasteiger partial charge in [0.2, 0.25) is 0 Å². The fourth-order valence-corrected chi connectivity index (χ4v) is 1.20. The number of hydrogen-bond acceptors (Lipinski definition) is 2. The molecule has 0 spiro atoms. The summed E-state index contributed by atoms with van der Waals surface area (Å²) in [5.41, 5.74) is 5.06. The van der Waals surface area contributed by atoms with E-state index >= 15 is 0 Å². The minimum atomic E-state index is -4.38. The zero-order valence-corrected chi connectivity index (χ0v) is 9.35. The minimum absolute atomic E-state index is 0. The van der Waals surface area contributed by atoms with Crippen molar-refractivity contribution in [2.45, 2.75) is 25.2 Å². The van der Waals surface area contributed by atoms with Crippen molar-refractivity contribution in [3.63, 3.8) is 0 Å². The van der Waals surface area contributed by atoms with E-state index in [0.717, 1.165) is 12.1 Å². The summed E-state index contributed by atoms with van der Waals surface area (Å²) >= 11 is 0. The first kappa shape index (κ1) is 15.2. The lowest BCUT2D eigenvalue weighted by Crippen LogP contribution is -2.23. The number of halogens is 4. The van der Waals surface area contributed by atoms with E-state index < -0.39 is 23.9 Å². The number of alkyl halides is 3. The Morgan fingerprint density at radius 3 is 2.31 bits per heavy atom. The molecule has 2 nitrogen and oxygen atoms in total. The third-order valence-electron chi connectivity index (χ3n) is 2.12. The molecule has 2 atom stereocenters. The van der Waals surface area contributed by atoms with Gasteiger partial charge in [-0.05, 0) is 24.6 Å². The largest absolute Gasteiger partial charge is 0.416 e. The maximum absolute atomic E-state index is 12.3. The molecular formula is C10H13ClF3NO. The van der Waals surface area contributed by atoms with Crippen LogP contribution in [-0.4, -0.2) is 11.2 Å². The first-order chi connectivity index (χ1) is 6.82. The molecule has 0 fully saturated rings. The molecule has 0 aromatic heterocycles. The third-order valence-corrected chi connectivity index (χ3v) is 2.12. The van der Waals surface area contributed by atoms with E-state index in [9.17, 15) is 13.2 Å². The topological polar surface area (TPSA) is 46.2 Å². The van der Waals surface area contributed by atoms with Crippen molar-refractivity contribution in [2.24, 2.45) is 5.73 Å². The normalized spacial score (nSPS) is 15.1. The van der Waals surface area contributed by atoms with Crippen LogP contribution in [0.5, 0.6) is 0 Å². The van der Waals surface area contributed by atoms with E-state index in [-0.39, 0.29) is 18.0 Å². The van der Waals surface area contributed by atoms with Gasteiger partial charge in [0.15, 0.2) is 0 Å². The van der Waals surface area contributed by atoms with Crippen LogP contribution in [0, 0.1) is 0 Å². The molecule has 92 valence electrons. The van der Waals surface area contributed by atoms with Gasteiger partial charge in [0, 0.05) is 0 Å². The molecule has 1 aromatic carbocycles. The molecule has 0 heterocycles. The molecule has 1 aromatic rings. The molecule has 0 aliphatic rings. The zero-order valence-electron chi connectivity index (χ0n) is 8.53. The lowest BCUT2D eigenvalue weighted by molar-refractivity contribution is -0.137. The van der Waals surface area contributed by atoms with Gasteiger partial charge >= 0.3 is 6.18 Å². The lowest BCUT2D eigenvalue weighted by Gasteiger charge is -2.16. The maximum Gasteiger partial charge on any atom is 0.416 e. The van der Waals surface area contributed by atoms with Gasteiger partial charge in [-0.1, -0.05) is 12.1 Å². The highest BCUT2D eigenvalue weighted by Crippen LogP contribution is 2.30. The van der Waals surface area contributed by atoms with E-state index in [0.29, 0.717) is 0 Å². The molecule has 0 aliphatic carbocycles. The van der Waals surface area contributed by atoms with Crippen molar-refractivity contribution in [3.05, 3.63) is 35.4 Å². The van der Waals surface area contributed by atoms with Crippen LogP contribution in [0.25, 0.3) is 0 Å². The van der Waals surface area contributed by atoms with Crippen molar-refractivity contribution >= 4 is 12.4 Å². The Morgan fingerprint density at radius 2 is 1.88 bits per heavy atom. The number of rotatable bonds is 2. The van der Waals surface area contributed by atoms with Crippen molar-refractivity contribution in [1.29, 1.82) is 0 Å². The van der Waals surface area contributed by atoms with Crippen LogP contribution in [0.3, 0.4) is 0 Å². The van der Waals surface area contributed by atoms with E-state index in [1.165, 1.54) is 19.1 Å². The van der Waals surface area contributed by atoms with Gasteiger partial charge in [-0.3, -0.25) is 0 Å². The second kappa shape index (κ2) is 5.52. The highest BCUT2D eigenvalue weighted by Gasteiger charge is 2.30. The Bertz CT molecular complexity index is 341. The van der Waals surface area contributed by atoms with Crippen LogP contribution in [0.1, 0.15) is 24.1 Å². The summed E-state index contributed by atoms with van der Waals surface area (Å²) in [7, 11) is 0. The molecule has 3 N–H and O–H groups in total. The second-order valence-electron chi connectivity index (χ2n) is 3.39. The molecule has 0 aliphatic heterocycles. The summed E-state index contributed by atoms with van der Waals surface area (Å²) in [6, 6.07) is 3.87. The van der Waals surface area contributed by atoms with E-state index in [1.54, 1.807) is 0 Å². The molecule has 0 amide bonds. The number of benzene rings is 1. The molecule has 0 radical (unpaired) electrons. The predicted octanol–water partition coefficient (Wildman–Crippen LogP) is 2.51. The zero-order chi connectivity index (χ0) is 11.6. The fraction of sp³-hybridized carbons (Fsp3) is 0.400. The molecule has 0 saturated carbocycles. The van der Waals surface area contributed by atoms with Crippen LogP contribution in [0.4, 0.5) is 13.2 Å². The number of nitrogens with two attached hydrogens (primary N) is 1. The second-order valence-corrected chi connectivity index (χ2v) is 3.39. The van der Waals surface area contributed by atoms with Crippen molar-refractivity contribution < 1.29 is 18.3 Å². The molecule has 1 rings (SSSR count). The van der Waals surface area contributed by atoms with E-state index in [1.807, 2.05) is 0 Å². The number of aliphatic hydroxyl groups excluding tert-OH is 1. The quantitative estimate of drug-likeness (QED) is 0.853. The SMILES string of the molecule is C[C@H](O)[C@H](N)c1cccc(C(F)(F)F)c1.Cl. The van der Waals surface area contributed by atoms with Gasteiger partial charge in [0.05, 0.1) is 17.7 Å². The average Bonchev–Trinajstić information content (AvgIpc) is 2.15. The van der Waals surface area contributed by atoms with E-state index in [4.69, 9.17) is 10.8 Å².